The summed E-state index contributed by atoms with van der Waals surface area (Å²) >= 11 is 6.12. The number of halogens is 2. The van der Waals surface area contributed by atoms with Gasteiger partial charge in [0, 0.05) is 16.1 Å². The van der Waals surface area contributed by atoms with Crippen LogP contribution in [-0.4, -0.2) is 8.42 Å². The molecule has 0 heterocycles. The van der Waals surface area contributed by atoms with Crippen LogP contribution in [-0.2, 0) is 15.4 Å². The van der Waals surface area contributed by atoms with E-state index < -0.39 is 15.8 Å². The lowest BCUT2D eigenvalue weighted by atomic mass is 9.85. The first-order valence-corrected chi connectivity index (χ1v) is 8.56. The van der Waals surface area contributed by atoms with Gasteiger partial charge in [0.1, 0.15) is 5.82 Å². The minimum absolute atomic E-state index is 0.104. The van der Waals surface area contributed by atoms with Crippen LogP contribution in [0.5, 0.6) is 0 Å². The highest BCUT2D eigenvalue weighted by Crippen LogP contribution is 2.35. The fourth-order valence-electron chi connectivity index (χ4n) is 2.21. The second-order valence-corrected chi connectivity index (χ2v) is 8.07. The van der Waals surface area contributed by atoms with E-state index in [2.05, 4.69) is 0 Å². The highest BCUT2D eigenvalue weighted by molar-refractivity contribution is 7.89. The first-order valence-electron chi connectivity index (χ1n) is 6.63. The minimum Gasteiger partial charge on any atom is -0.225 e. The Kier molecular flexibility index (Phi) is 4.35. The Morgan fingerprint density at radius 2 is 1.73 bits per heavy atom. The topological polar surface area (TPSA) is 60.2 Å². The Bertz CT molecular complexity index is 827. The molecular weight excluding hydrogens is 325 g/mol. The van der Waals surface area contributed by atoms with Crippen molar-refractivity contribution in [3.05, 3.63) is 52.8 Å². The molecule has 0 fully saturated rings. The quantitative estimate of drug-likeness (QED) is 0.894. The van der Waals surface area contributed by atoms with E-state index >= 15 is 0 Å². The zero-order valence-electron chi connectivity index (χ0n) is 12.5. The first-order chi connectivity index (χ1) is 10.0. The van der Waals surface area contributed by atoms with Crippen LogP contribution in [0.4, 0.5) is 4.39 Å². The van der Waals surface area contributed by atoms with Crippen molar-refractivity contribution in [1.29, 1.82) is 0 Å². The maximum atomic E-state index is 14.8. The van der Waals surface area contributed by atoms with Gasteiger partial charge in [0.15, 0.2) is 0 Å². The fraction of sp³-hybridized carbons (Fsp3) is 0.250. The second kappa shape index (κ2) is 5.65. The summed E-state index contributed by atoms with van der Waals surface area (Å²) in [5.74, 6) is -0.413. The van der Waals surface area contributed by atoms with Crippen LogP contribution in [0.1, 0.15) is 26.3 Å². The molecule has 0 aromatic heterocycles. The van der Waals surface area contributed by atoms with Gasteiger partial charge < -0.3 is 0 Å². The smallest absolute Gasteiger partial charge is 0.225 e. The summed E-state index contributed by atoms with van der Waals surface area (Å²) in [4.78, 5) is -0.104. The molecule has 2 aromatic rings. The summed E-state index contributed by atoms with van der Waals surface area (Å²) in [5.41, 5.74) is 0.700. The normalized spacial score (nSPS) is 12.5. The number of primary sulfonamides is 1. The van der Waals surface area contributed by atoms with Gasteiger partial charge in [-0.3, -0.25) is 0 Å². The Balaban J connectivity index is 2.73. The minimum atomic E-state index is -3.88. The van der Waals surface area contributed by atoms with Crippen molar-refractivity contribution < 1.29 is 12.8 Å². The number of nitrogens with two attached hydrogens (primary N) is 1. The van der Waals surface area contributed by atoms with E-state index in [-0.39, 0.29) is 20.9 Å². The number of benzene rings is 2. The van der Waals surface area contributed by atoms with E-state index in [4.69, 9.17) is 16.7 Å². The Morgan fingerprint density at radius 3 is 2.27 bits per heavy atom. The molecule has 0 spiro atoms. The summed E-state index contributed by atoms with van der Waals surface area (Å²) < 4.78 is 37.8. The molecule has 0 bridgehead atoms. The summed E-state index contributed by atoms with van der Waals surface area (Å²) in [6.07, 6.45) is 0. The maximum Gasteiger partial charge on any atom is 0.238 e. The van der Waals surface area contributed by atoms with Crippen molar-refractivity contribution in [1.82, 2.24) is 0 Å². The lowest BCUT2D eigenvalue weighted by Gasteiger charge is -2.21. The van der Waals surface area contributed by atoms with Crippen LogP contribution in [0.15, 0.2) is 41.3 Å². The number of rotatable bonds is 2. The molecule has 0 aliphatic rings. The van der Waals surface area contributed by atoms with Crippen LogP contribution < -0.4 is 5.14 Å². The third kappa shape index (κ3) is 3.32. The van der Waals surface area contributed by atoms with Crippen LogP contribution in [0, 0.1) is 5.82 Å². The van der Waals surface area contributed by atoms with Crippen LogP contribution in [0.3, 0.4) is 0 Å². The Morgan fingerprint density at radius 1 is 1.09 bits per heavy atom. The van der Waals surface area contributed by atoms with Crippen LogP contribution in [0.25, 0.3) is 11.1 Å². The average molecular weight is 342 g/mol. The first kappa shape index (κ1) is 16.9. The number of hydrogen-bond acceptors (Lipinski definition) is 2. The summed E-state index contributed by atoms with van der Waals surface area (Å²) in [7, 11) is -3.88. The van der Waals surface area contributed by atoms with Gasteiger partial charge in [-0.2, -0.15) is 0 Å². The molecule has 2 aromatic carbocycles. The number of sulfonamides is 1. The third-order valence-corrected chi connectivity index (χ3v) is 4.60. The Labute approximate surface area is 135 Å². The predicted octanol–water partition coefficient (Wildman–Crippen LogP) is 4.09. The van der Waals surface area contributed by atoms with E-state index in [1.807, 2.05) is 20.8 Å². The van der Waals surface area contributed by atoms with Gasteiger partial charge in [0.2, 0.25) is 10.0 Å². The van der Waals surface area contributed by atoms with Crippen molar-refractivity contribution >= 4 is 21.6 Å². The van der Waals surface area contributed by atoms with Crippen LogP contribution >= 0.6 is 11.6 Å². The SMILES string of the molecule is CC(C)(C)c1cccc(-c2cc(S(N)(=O)=O)ccc2Cl)c1F. The molecule has 0 aliphatic heterocycles. The van der Waals surface area contributed by atoms with Crippen molar-refractivity contribution in [3.63, 3.8) is 0 Å². The predicted molar refractivity (Wildman–Crippen MR) is 86.9 cm³/mol. The lowest BCUT2D eigenvalue weighted by Crippen LogP contribution is -2.14. The molecule has 22 heavy (non-hydrogen) atoms. The summed E-state index contributed by atoms with van der Waals surface area (Å²) in [5, 5.41) is 5.39. The fourth-order valence-corrected chi connectivity index (χ4v) is 2.97. The standard InChI is InChI=1S/C16H17ClFNO2S/c1-16(2,3)13-6-4-5-11(15(13)18)12-9-10(22(19,20)21)7-8-14(12)17/h4-9H,1-3H3,(H2,19,20,21). The molecular formula is C16H17ClFNO2S. The molecule has 0 atom stereocenters. The summed E-state index contributed by atoms with van der Waals surface area (Å²) in [6, 6.07) is 8.99. The van der Waals surface area contributed by atoms with E-state index in [1.54, 1.807) is 18.2 Å². The average Bonchev–Trinajstić information content (AvgIpc) is 2.37. The molecule has 2 N–H and O–H groups in total. The number of hydrogen-bond donors (Lipinski definition) is 1. The maximum absolute atomic E-state index is 14.8. The van der Waals surface area contributed by atoms with E-state index in [9.17, 15) is 12.8 Å². The van der Waals surface area contributed by atoms with Gasteiger partial charge >= 0.3 is 0 Å². The zero-order chi connectivity index (χ0) is 16.7. The Hall–Kier alpha value is -1.43. The molecule has 2 rings (SSSR count). The largest absolute Gasteiger partial charge is 0.238 e. The monoisotopic (exact) mass is 341 g/mol. The molecule has 0 aliphatic carbocycles. The lowest BCUT2D eigenvalue weighted by molar-refractivity contribution is 0.525. The molecule has 118 valence electrons. The molecule has 0 amide bonds. The molecule has 0 radical (unpaired) electrons. The highest BCUT2D eigenvalue weighted by Gasteiger charge is 2.22. The van der Waals surface area contributed by atoms with Crippen molar-refractivity contribution in [2.75, 3.05) is 0 Å². The van der Waals surface area contributed by atoms with Gasteiger partial charge in [-0.05, 0) is 29.2 Å². The van der Waals surface area contributed by atoms with Gasteiger partial charge in [-0.1, -0.05) is 50.6 Å². The van der Waals surface area contributed by atoms with Crippen LogP contribution in [0.2, 0.25) is 5.02 Å². The molecule has 0 saturated heterocycles. The second-order valence-electron chi connectivity index (χ2n) is 6.10. The van der Waals surface area contributed by atoms with Crippen molar-refractivity contribution in [2.45, 2.75) is 31.1 Å². The molecule has 6 heteroatoms. The van der Waals surface area contributed by atoms with E-state index in [1.165, 1.54) is 18.2 Å². The molecule has 3 nitrogen and oxygen atoms in total. The van der Waals surface area contributed by atoms with Gasteiger partial charge in [0.05, 0.1) is 4.90 Å². The van der Waals surface area contributed by atoms with E-state index in [0.717, 1.165) is 0 Å². The van der Waals surface area contributed by atoms with Gasteiger partial charge in [-0.15, -0.1) is 0 Å². The third-order valence-electron chi connectivity index (χ3n) is 3.36. The molecule has 0 saturated carbocycles. The van der Waals surface area contributed by atoms with Gasteiger partial charge in [-0.25, -0.2) is 17.9 Å². The highest BCUT2D eigenvalue weighted by atomic mass is 35.5. The molecule has 0 unspecified atom stereocenters. The summed E-state index contributed by atoms with van der Waals surface area (Å²) in [6.45, 7) is 5.70. The van der Waals surface area contributed by atoms with Crippen molar-refractivity contribution in [3.8, 4) is 11.1 Å². The van der Waals surface area contributed by atoms with E-state index in [0.29, 0.717) is 11.1 Å². The van der Waals surface area contributed by atoms with Crippen molar-refractivity contribution in [2.24, 2.45) is 5.14 Å². The zero-order valence-corrected chi connectivity index (χ0v) is 14.1. The van der Waals surface area contributed by atoms with Gasteiger partial charge in [0.25, 0.3) is 0 Å².